The highest BCUT2D eigenvalue weighted by Crippen LogP contribution is 1.92. The summed E-state index contributed by atoms with van der Waals surface area (Å²) in [6.07, 6.45) is 1.50. The zero-order valence-corrected chi connectivity index (χ0v) is 7.59. The third-order valence-corrected chi connectivity index (χ3v) is 1.50. The number of carbonyl (C=O) groups is 1. The van der Waals surface area contributed by atoms with Crippen LogP contribution >= 0.6 is 0 Å². The molecular formula is C8H17NO2. The van der Waals surface area contributed by atoms with Crippen molar-refractivity contribution in [2.45, 2.75) is 19.8 Å². The van der Waals surface area contributed by atoms with Gasteiger partial charge in [0.2, 0.25) is 5.91 Å². The summed E-state index contributed by atoms with van der Waals surface area (Å²) in [6, 6.07) is 0. The summed E-state index contributed by atoms with van der Waals surface area (Å²) in [4.78, 5) is 12.9. The Morgan fingerprint density at radius 2 is 2.18 bits per heavy atom. The van der Waals surface area contributed by atoms with Gasteiger partial charge in [-0.05, 0) is 6.42 Å². The molecule has 0 radical (unpaired) electrons. The quantitative estimate of drug-likeness (QED) is 0.596. The highest BCUT2D eigenvalue weighted by Gasteiger charge is 2.05. The molecule has 0 rings (SSSR count). The molecular weight excluding hydrogens is 142 g/mol. The van der Waals surface area contributed by atoms with Crippen molar-refractivity contribution in [3.05, 3.63) is 0 Å². The zero-order chi connectivity index (χ0) is 8.69. The maximum absolute atomic E-state index is 11.1. The van der Waals surface area contributed by atoms with Gasteiger partial charge in [-0.15, -0.1) is 0 Å². The van der Waals surface area contributed by atoms with Crippen LogP contribution in [0.1, 0.15) is 19.8 Å². The van der Waals surface area contributed by atoms with Crippen LogP contribution in [0.4, 0.5) is 0 Å². The molecule has 0 spiro atoms. The molecule has 0 aromatic rings. The van der Waals surface area contributed by atoms with E-state index in [9.17, 15) is 4.79 Å². The average molecular weight is 159 g/mol. The van der Waals surface area contributed by atoms with E-state index < -0.39 is 0 Å². The topological polar surface area (TPSA) is 29.5 Å². The van der Waals surface area contributed by atoms with Gasteiger partial charge in [0, 0.05) is 20.7 Å². The summed E-state index contributed by atoms with van der Waals surface area (Å²) in [5, 5.41) is 0. The molecule has 0 saturated carbocycles. The smallest absolute Gasteiger partial charge is 0.224 e. The molecule has 0 saturated heterocycles. The van der Waals surface area contributed by atoms with E-state index in [0.717, 1.165) is 13.0 Å². The second kappa shape index (κ2) is 6.16. The van der Waals surface area contributed by atoms with Crippen LogP contribution in [0.2, 0.25) is 0 Å². The van der Waals surface area contributed by atoms with Crippen LogP contribution in [0, 0.1) is 0 Å². The molecule has 0 aromatic carbocycles. The minimum Gasteiger partial charge on any atom is -0.384 e. The summed E-state index contributed by atoms with van der Waals surface area (Å²) >= 11 is 0. The third kappa shape index (κ3) is 4.79. The second-order valence-electron chi connectivity index (χ2n) is 2.56. The van der Waals surface area contributed by atoms with Crippen LogP contribution in [-0.4, -0.2) is 38.1 Å². The molecule has 0 aliphatic heterocycles. The van der Waals surface area contributed by atoms with Gasteiger partial charge in [-0.25, -0.2) is 0 Å². The summed E-state index contributed by atoms with van der Waals surface area (Å²) in [5.41, 5.74) is 0. The minimum atomic E-state index is 0.161. The highest BCUT2D eigenvalue weighted by molar-refractivity contribution is 5.75. The largest absolute Gasteiger partial charge is 0.384 e. The van der Waals surface area contributed by atoms with Crippen molar-refractivity contribution in [2.75, 3.05) is 27.3 Å². The normalized spacial score (nSPS) is 9.73. The van der Waals surface area contributed by atoms with Gasteiger partial charge in [0.1, 0.15) is 0 Å². The second-order valence-corrected chi connectivity index (χ2v) is 2.56. The fraction of sp³-hybridized carbons (Fsp3) is 0.875. The summed E-state index contributed by atoms with van der Waals surface area (Å²) in [5.74, 6) is 0.161. The maximum Gasteiger partial charge on any atom is 0.224 e. The van der Waals surface area contributed by atoms with Crippen molar-refractivity contribution < 1.29 is 9.53 Å². The number of methoxy groups -OCH3 is 1. The van der Waals surface area contributed by atoms with Crippen molar-refractivity contribution in [1.82, 2.24) is 4.90 Å². The molecule has 0 aliphatic rings. The predicted molar refractivity (Wildman–Crippen MR) is 44.4 cm³/mol. The third-order valence-electron chi connectivity index (χ3n) is 1.50. The van der Waals surface area contributed by atoms with Gasteiger partial charge in [0.25, 0.3) is 0 Å². The van der Waals surface area contributed by atoms with E-state index in [-0.39, 0.29) is 5.91 Å². The SMILES string of the molecule is CCCN(C)C(=O)CCOC. The molecule has 0 fully saturated rings. The van der Waals surface area contributed by atoms with E-state index in [4.69, 9.17) is 4.74 Å². The van der Waals surface area contributed by atoms with E-state index in [2.05, 4.69) is 6.92 Å². The Balaban J connectivity index is 3.47. The van der Waals surface area contributed by atoms with Crippen molar-refractivity contribution in [1.29, 1.82) is 0 Å². The number of hydrogen-bond acceptors (Lipinski definition) is 2. The molecule has 3 nitrogen and oxygen atoms in total. The number of amides is 1. The zero-order valence-electron chi connectivity index (χ0n) is 7.59. The van der Waals surface area contributed by atoms with E-state index in [1.807, 2.05) is 7.05 Å². The lowest BCUT2D eigenvalue weighted by Gasteiger charge is -2.15. The van der Waals surface area contributed by atoms with Crippen LogP contribution in [0.15, 0.2) is 0 Å². The molecule has 3 heteroatoms. The van der Waals surface area contributed by atoms with Crippen molar-refractivity contribution in [2.24, 2.45) is 0 Å². The Morgan fingerprint density at radius 3 is 2.64 bits per heavy atom. The molecule has 0 heterocycles. The highest BCUT2D eigenvalue weighted by atomic mass is 16.5. The Labute approximate surface area is 68.3 Å². The molecule has 66 valence electrons. The van der Waals surface area contributed by atoms with Crippen molar-refractivity contribution >= 4 is 5.91 Å². The van der Waals surface area contributed by atoms with Crippen molar-refractivity contribution in [3.8, 4) is 0 Å². The van der Waals surface area contributed by atoms with Gasteiger partial charge in [-0.2, -0.15) is 0 Å². The van der Waals surface area contributed by atoms with Gasteiger partial charge in [-0.3, -0.25) is 4.79 Å². The predicted octanol–water partition coefficient (Wildman–Crippen LogP) is 0.891. The van der Waals surface area contributed by atoms with Crippen LogP contribution in [0.25, 0.3) is 0 Å². The first-order chi connectivity index (χ1) is 5.22. The standard InChI is InChI=1S/C8H17NO2/c1-4-6-9(2)8(10)5-7-11-3/h4-7H2,1-3H3. The summed E-state index contributed by atoms with van der Waals surface area (Å²) < 4.78 is 4.79. The Hall–Kier alpha value is -0.570. The molecule has 0 unspecified atom stereocenters. The van der Waals surface area contributed by atoms with Crippen LogP contribution in [-0.2, 0) is 9.53 Å². The van der Waals surface area contributed by atoms with Crippen LogP contribution in [0.3, 0.4) is 0 Å². The van der Waals surface area contributed by atoms with Crippen molar-refractivity contribution in [3.63, 3.8) is 0 Å². The number of carbonyl (C=O) groups excluding carboxylic acids is 1. The lowest BCUT2D eigenvalue weighted by molar-refractivity contribution is -0.130. The van der Waals surface area contributed by atoms with Crippen LogP contribution < -0.4 is 0 Å². The lowest BCUT2D eigenvalue weighted by Crippen LogP contribution is -2.27. The van der Waals surface area contributed by atoms with Crippen LogP contribution in [0.5, 0.6) is 0 Å². The minimum absolute atomic E-state index is 0.161. The molecule has 0 N–H and O–H groups in total. The number of ether oxygens (including phenoxy) is 1. The van der Waals surface area contributed by atoms with E-state index in [1.54, 1.807) is 12.0 Å². The molecule has 1 amide bonds. The van der Waals surface area contributed by atoms with E-state index in [1.165, 1.54) is 0 Å². The Kier molecular flexibility index (Phi) is 5.84. The molecule has 0 bridgehead atoms. The first-order valence-electron chi connectivity index (χ1n) is 3.95. The number of nitrogens with zero attached hydrogens (tertiary/aromatic N) is 1. The number of hydrogen-bond donors (Lipinski definition) is 0. The summed E-state index contributed by atoms with van der Waals surface area (Å²) in [6.45, 7) is 3.41. The number of rotatable bonds is 5. The maximum atomic E-state index is 11.1. The average Bonchev–Trinajstić information content (AvgIpc) is 2.00. The van der Waals surface area contributed by atoms with Gasteiger partial charge in [-0.1, -0.05) is 6.92 Å². The lowest BCUT2D eigenvalue weighted by atomic mass is 10.3. The van der Waals surface area contributed by atoms with Gasteiger partial charge in [0.15, 0.2) is 0 Å². The first kappa shape index (κ1) is 10.4. The molecule has 0 aliphatic carbocycles. The Bertz CT molecular complexity index is 115. The molecule has 0 atom stereocenters. The van der Waals surface area contributed by atoms with Gasteiger partial charge in [0.05, 0.1) is 13.0 Å². The molecule has 0 aromatic heterocycles. The monoisotopic (exact) mass is 159 g/mol. The first-order valence-corrected chi connectivity index (χ1v) is 3.95. The summed E-state index contributed by atoms with van der Waals surface area (Å²) in [7, 11) is 3.43. The van der Waals surface area contributed by atoms with E-state index in [0.29, 0.717) is 13.0 Å². The van der Waals surface area contributed by atoms with Gasteiger partial charge >= 0.3 is 0 Å². The fourth-order valence-electron chi connectivity index (χ4n) is 0.840. The van der Waals surface area contributed by atoms with Gasteiger partial charge < -0.3 is 9.64 Å². The fourth-order valence-corrected chi connectivity index (χ4v) is 0.840. The molecule has 11 heavy (non-hydrogen) atoms. The Morgan fingerprint density at radius 1 is 1.55 bits per heavy atom. The van der Waals surface area contributed by atoms with E-state index >= 15 is 0 Å².